The van der Waals surface area contributed by atoms with Crippen LogP contribution in [0.5, 0.6) is 5.75 Å². The molecule has 2 aliphatic rings. The van der Waals surface area contributed by atoms with Crippen molar-refractivity contribution in [3.63, 3.8) is 0 Å². The minimum absolute atomic E-state index is 0.178. The van der Waals surface area contributed by atoms with Gasteiger partial charge < -0.3 is 14.2 Å². The molecule has 2 aromatic rings. The van der Waals surface area contributed by atoms with E-state index in [-0.39, 0.29) is 5.91 Å². The second kappa shape index (κ2) is 8.53. The van der Waals surface area contributed by atoms with E-state index in [1.807, 2.05) is 9.47 Å². The number of hydrogen-bond donors (Lipinski definition) is 0. The predicted molar refractivity (Wildman–Crippen MR) is 109 cm³/mol. The van der Waals surface area contributed by atoms with Crippen LogP contribution in [0.3, 0.4) is 0 Å². The molecule has 0 saturated carbocycles. The van der Waals surface area contributed by atoms with Gasteiger partial charge in [0.05, 0.1) is 12.4 Å². The van der Waals surface area contributed by atoms with Gasteiger partial charge in [-0.2, -0.15) is 0 Å². The number of fused-ring (bicyclic) bond motifs is 1. The molecule has 1 saturated heterocycles. The maximum atomic E-state index is 12.6. The Balaban J connectivity index is 1.24. The Bertz CT molecular complexity index is 830. The van der Waals surface area contributed by atoms with E-state index >= 15 is 0 Å². The summed E-state index contributed by atoms with van der Waals surface area (Å²) in [6.07, 6.45) is 2.73. The van der Waals surface area contributed by atoms with Crippen molar-refractivity contribution in [2.24, 2.45) is 0 Å². The molecule has 150 valence electrons. The van der Waals surface area contributed by atoms with Crippen molar-refractivity contribution < 1.29 is 9.53 Å². The van der Waals surface area contributed by atoms with Gasteiger partial charge in [-0.15, -0.1) is 10.2 Å². The average Bonchev–Trinajstić information content (AvgIpc) is 3.35. The molecule has 4 rings (SSSR count). The van der Waals surface area contributed by atoms with E-state index in [9.17, 15) is 4.79 Å². The zero-order valence-electron chi connectivity index (χ0n) is 16.5. The number of thioether (sulfide) groups is 1. The van der Waals surface area contributed by atoms with E-state index in [0.29, 0.717) is 11.8 Å². The minimum atomic E-state index is 0.178. The second-order valence-corrected chi connectivity index (χ2v) is 8.54. The molecule has 7 nitrogen and oxygen atoms in total. The molecule has 0 unspecified atom stereocenters. The van der Waals surface area contributed by atoms with Crippen molar-refractivity contribution >= 4 is 17.7 Å². The highest BCUT2D eigenvalue weighted by Gasteiger charge is 2.22. The summed E-state index contributed by atoms with van der Waals surface area (Å²) in [7, 11) is 0. The highest BCUT2D eigenvalue weighted by atomic mass is 32.2. The first kappa shape index (κ1) is 19.3. The fourth-order valence-corrected chi connectivity index (χ4v) is 4.61. The molecule has 2 aliphatic heterocycles. The summed E-state index contributed by atoms with van der Waals surface area (Å²) >= 11 is 1.47. The van der Waals surface area contributed by atoms with Crippen molar-refractivity contribution in [2.75, 3.05) is 38.5 Å². The normalized spacial score (nSPS) is 17.0. The predicted octanol–water partition coefficient (Wildman–Crippen LogP) is 2.23. The third-order valence-electron chi connectivity index (χ3n) is 5.31. The van der Waals surface area contributed by atoms with E-state index in [1.165, 1.54) is 22.9 Å². The summed E-state index contributed by atoms with van der Waals surface area (Å²) < 4.78 is 7.58. The molecule has 1 aromatic heterocycles. The van der Waals surface area contributed by atoms with Crippen molar-refractivity contribution in [3.8, 4) is 5.75 Å². The van der Waals surface area contributed by atoms with Gasteiger partial charge in [-0.25, -0.2) is 0 Å². The molecule has 0 radical (unpaired) electrons. The van der Waals surface area contributed by atoms with Crippen LogP contribution in [0.15, 0.2) is 29.7 Å². The summed E-state index contributed by atoms with van der Waals surface area (Å²) in [4.78, 5) is 17.0. The molecular weight excluding hydrogens is 374 g/mol. The van der Waals surface area contributed by atoms with Gasteiger partial charge in [-0.1, -0.05) is 23.9 Å². The molecule has 1 aromatic carbocycles. The summed E-state index contributed by atoms with van der Waals surface area (Å²) in [5.74, 6) is 1.62. The Morgan fingerprint density at radius 3 is 2.86 bits per heavy atom. The zero-order valence-corrected chi connectivity index (χ0v) is 17.3. The molecule has 0 atom stereocenters. The highest BCUT2D eigenvalue weighted by Crippen LogP contribution is 2.26. The van der Waals surface area contributed by atoms with Crippen molar-refractivity contribution in [1.82, 2.24) is 24.6 Å². The quantitative estimate of drug-likeness (QED) is 0.692. The first-order valence-corrected chi connectivity index (χ1v) is 10.9. The van der Waals surface area contributed by atoms with E-state index in [2.05, 4.69) is 47.1 Å². The summed E-state index contributed by atoms with van der Waals surface area (Å²) in [6.45, 7) is 9.28. The SMILES string of the molecule is CC(C)n1cnnc1SCC(=O)N1CCN(Cc2ccc3c(c2)CCO3)CC1. The Morgan fingerprint density at radius 1 is 1.25 bits per heavy atom. The molecular formula is C20H27N5O2S. The third-order valence-corrected chi connectivity index (χ3v) is 6.25. The van der Waals surface area contributed by atoms with Crippen LogP contribution in [0.4, 0.5) is 0 Å². The Kier molecular flexibility index (Phi) is 5.87. The highest BCUT2D eigenvalue weighted by molar-refractivity contribution is 7.99. The number of rotatable bonds is 6. The summed E-state index contributed by atoms with van der Waals surface area (Å²) in [6, 6.07) is 6.80. The van der Waals surface area contributed by atoms with Crippen LogP contribution in [-0.4, -0.2) is 69.0 Å². The van der Waals surface area contributed by atoms with Crippen LogP contribution in [0.2, 0.25) is 0 Å². The van der Waals surface area contributed by atoms with Crippen molar-refractivity contribution in [1.29, 1.82) is 0 Å². The van der Waals surface area contributed by atoms with E-state index in [1.54, 1.807) is 6.33 Å². The maximum absolute atomic E-state index is 12.6. The second-order valence-electron chi connectivity index (χ2n) is 7.60. The number of aromatic nitrogens is 3. The number of carbonyl (C=O) groups is 1. The van der Waals surface area contributed by atoms with E-state index in [0.717, 1.165) is 56.7 Å². The molecule has 1 amide bonds. The molecule has 0 aliphatic carbocycles. The maximum Gasteiger partial charge on any atom is 0.233 e. The lowest BCUT2D eigenvalue weighted by molar-refractivity contribution is -0.130. The van der Waals surface area contributed by atoms with Crippen LogP contribution in [-0.2, 0) is 17.8 Å². The molecule has 0 N–H and O–H groups in total. The van der Waals surface area contributed by atoms with Gasteiger partial charge in [-0.05, 0) is 31.0 Å². The number of ether oxygens (including phenoxy) is 1. The van der Waals surface area contributed by atoms with Crippen LogP contribution < -0.4 is 4.74 Å². The largest absolute Gasteiger partial charge is 0.493 e. The number of hydrogen-bond acceptors (Lipinski definition) is 6. The monoisotopic (exact) mass is 401 g/mol. The van der Waals surface area contributed by atoms with Gasteiger partial charge in [0.1, 0.15) is 12.1 Å². The lowest BCUT2D eigenvalue weighted by Gasteiger charge is -2.34. The molecule has 0 bridgehead atoms. The standard InChI is InChI=1S/C20H27N5O2S/c1-15(2)25-14-21-22-20(25)28-13-19(26)24-8-6-23(7-9-24)12-16-3-4-18-17(11-16)5-10-27-18/h3-4,11,14-15H,5-10,12-13H2,1-2H3. The number of amides is 1. The number of piperazine rings is 1. The average molecular weight is 402 g/mol. The molecule has 3 heterocycles. The van der Waals surface area contributed by atoms with Crippen LogP contribution in [0, 0.1) is 0 Å². The lowest BCUT2D eigenvalue weighted by Crippen LogP contribution is -2.48. The van der Waals surface area contributed by atoms with Gasteiger partial charge >= 0.3 is 0 Å². The van der Waals surface area contributed by atoms with Crippen LogP contribution in [0.25, 0.3) is 0 Å². The third kappa shape index (κ3) is 4.33. The zero-order chi connectivity index (χ0) is 19.5. The first-order valence-electron chi connectivity index (χ1n) is 9.87. The van der Waals surface area contributed by atoms with Gasteiger partial charge in [0.25, 0.3) is 0 Å². The topological polar surface area (TPSA) is 63.5 Å². The Hall–Kier alpha value is -2.06. The smallest absolute Gasteiger partial charge is 0.233 e. The van der Waals surface area contributed by atoms with Crippen molar-refractivity contribution in [2.45, 2.75) is 38.0 Å². The van der Waals surface area contributed by atoms with Gasteiger partial charge in [0, 0.05) is 45.2 Å². The number of nitrogens with zero attached hydrogens (tertiary/aromatic N) is 5. The minimum Gasteiger partial charge on any atom is -0.493 e. The molecule has 8 heteroatoms. The van der Waals surface area contributed by atoms with Gasteiger partial charge in [0.2, 0.25) is 5.91 Å². The Morgan fingerprint density at radius 2 is 2.07 bits per heavy atom. The van der Waals surface area contributed by atoms with Gasteiger partial charge in [-0.3, -0.25) is 9.69 Å². The number of carbonyl (C=O) groups excluding carboxylic acids is 1. The Labute approximate surface area is 170 Å². The fourth-order valence-electron chi connectivity index (χ4n) is 3.66. The molecule has 0 spiro atoms. The molecule has 1 fully saturated rings. The number of benzene rings is 1. The first-order chi connectivity index (χ1) is 13.6. The fraction of sp³-hybridized carbons (Fsp3) is 0.550. The lowest BCUT2D eigenvalue weighted by atomic mass is 10.1. The van der Waals surface area contributed by atoms with Crippen LogP contribution >= 0.6 is 11.8 Å². The van der Waals surface area contributed by atoms with Gasteiger partial charge in [0.15, 0.2) is 5.16 Å². The summed E-state index contributed by atoms with van der Waals surface area (Å²) in [5.41, 5.74) is 2.64. The van der Waals surface area contributed by atoms with E-state index in [4.69, 9.17) is 4.74 Å². The van der Waals surface area contributed by atoms with Crippen molar-refractivity contribution in [3.05, 3.63) is 35.7 Å². The van der Waals surface area contributed by atoms with Crippen LogP contribution in [0.1, 0.15) is 31.0 Å². The van der Waals surface area contributed by atoms with E-state index < -0.39 is 0 Å². The molecule has 28 heavy (non-hydrogen) atoms. The summed E-state index contributed by atoms with van der Waals surface area (Å²) in [5, 5.41) is 8.89.